The van der Waals surface area contributed by atoms with Crippen molar-refractivity contribution in [1.29, 1.82) is 0 Å². The molecule has 1 aromatic carbocycles. The number of carbonyl (C=O) groups excluding carboxylic acids is 1. The Labute approximate surface area is 164 Å². The Morgan fingerprint density at radius 3 is 2.48 bits per heavy atom. The summed E-state index contributed by atoms with van der Waals surface area (Å²) in [6.07, 6.45) is 6.15. The first kappa shape index (κ1) is 20.2. The van der Waals surface area contributed by atoms with Gasteiger partial charge in [-0.15, -0.1) is 0 Å². The van der Waals surface area contributed by atoms with Crippen LogP contribution in [0.4, 0.5) is 4.79 Å². The van der Waals surface area contributed by atoms with Gasteiger partial charge in [0.1, 0.15) is 0 Å². The van der Waals surface area contributed by atoms with Crippen LogP contribution in [-0.2, 0) is 0 Å². The lowest BCUT2D eigenvalue weighted by molar-refractivity contribution is 0.189. The smallest absolute Gasteiger partial charge is 0.314 e. The molecule has 0 radical (unpaired) electrons. The maximum atomic E-state index is 12.2. The molecule has 0 saturated carbocycles. The predicted molar refractivity (Wildman–Crippen MR) is 111 cm³/mol. The van der Waals surface area contributed by atoms with Crippen molar-refractivity contribution in [2.45, 2.75) is 45.1 Å². The highest BCUT2D eigenvalue weighted by Crippen LogP contribution is 2.24. The highest BCUT2D eigenvalue weighted by Gasteiger charge is 2.23. The van der Waals surface area contributed by atoms with Crippen molar-refractivity contribution >= 4 is 6.03 Å². The van der Waals surface area contributed by atoms with Crippen molar-refractivity contribution in [3.8, 4) is 0 Å². The molecule has 0 aliphatic carbocycles. The number of carbonyl (C=O) groups is 1. The molecule has 1 aromatic rings. The molecule has 2 N–H and O–H groups in total. The minimum Gasteiger partial charge on any atom is -0.338 e. The number of likely N-dealkylation sites (tertiary alicyclic amines) is 2. The van der Waals surface area contributed by atoms with Gasteiger partial charge in [-0.2, -0.15) is 0 Å². The van der Waals surface area contributed by atoms with Crippen molar-refractivity contribution in [2.24, 2.45) is 5.92 Å². The van der Waals surface area contributed by atoms with Crippen LogP contribution in [0.2, 0.25) is 0 Å². The van der Waals surface area contributed by atoms with Crippen LogP contribution < -0.4 is 10.6 Å². The van der Waals surface area contributed by atoms with Gasteiger partial charge in [-0.05, 0) is 76.3 Å². The van der Waals surface area contributed by atoms with Crippen LogP contribution in [0.3, 0.4) is 0 Å². The van der Waals surface area contributed by atoms with Gasteiger partial charge in [0.05, 0.1) is 6.04 Å². The standard InChI is InChI=1S/C22H36N4O/c1-19-10-16-25(17-11-19)13-7-12-23-22(27)24-18-21(26-14-5-6-15-26)20-8-3-2-4-9-20/h2-4,8-9,19,21H,5-7,10-18H2,1H3,(H2,23,24,27). The fraction of sp³-hybridized carbons (Fsp3) is 0.682. The summed E-state index contributed by atoms with van der Waals surface area (Å²) in [6, 6.07) is 10.8. The summed E-state index contributed by atoms with van der Waals surface area (Å²) >= 11 is 0. The van der Waals surface area contributed by atoms with Gasteiger partial charge in [-0.25, -0.2) is 4.79 Å². The van der Waals surface area contributed by atoms with E-state index in [9.17, 15) is 4.79 Å². The second-order valence-electron chi connectivity index (χ2n) is 8.18. The minimum absolute atomic E-state index is 0.0394. The monoisotopic (exact) mass is 372 g/mol. The number of hydrogen-bond acceptors (Lipinski definition) is 3. The quantitative estimate of drug-likeness (QED) is 0.689. The molecule has 1 unspecified atom stereocenters. The predicted octanol–water partition coefficient (Wildman–Crippen LogP) is 3.24. The second kappa shape index (κ2) is 10.7. The van der Waals surface area contributed by atoms with Gasteiger partial charge in [-0.1, -0.05) is 37.3 Å². The minimum atomic E-state index is -0.0394. The highest BCUT2D eigenvalue weighted by molar-refractivity contribution is 5.73. The summed E-state index contributed by atoms with van der Waals surface area (Å²) in [6.45, 7) is 9.51. The topological polar surface area (TPSA) is 47.6 Å². The van der Waals surface area contributed by atoms with Gasteiger partial charge < -0.3 is 15.5 Å². The zero-order valence-corrected chi connectivity index (χ0v) is 16.8. The largest absolute Gasteiger partial charge is 0.338 e. The van der Waals surface area contributed by atoms with Crippen molar-refractivity contribution in [3.05, 3.63) is 35.9 Å². The van der Waals surface area contributed by atoms with Crippen LogP contribution in [0, 0.1) is 5.92 Å². The molecule has 2 saturated heterocycles. The van der Waals surface area contributed by atoms with E-state index in [0.29, 0.717) is 6.54 Å². The molecule has 150 valence electrons. The fourth-order valence-corrected chi connectivity index (χ4v) is 4.23. The lowest BCUT2D eigenvalue weighted by atomic mass is 9.99. The summed E-state index contributed by atoms with van der Waals surface area (Å²) in [5.74, 6) is 0.873. The van der Waals surface area contributed by atoms with E-state index in [1.807, 2.05) is 6.07 Å². The van der Waals surface area contributed by atoms with E-state index in [1.54, 1.807) is 0 Å². The number of nitrogens with zero attached hydrogens (tertiary/aromatic N) is 2. The lowest BCUT2D eigenvalue weighted by Crippen LogP contribution is -2.42. The Morgan fingerprint density at radius 2 is 1.78 bits per heavy atom. The van der Waals surface area contributed by atoms with Crippen LogP contribution in [0.1, 0.15) is 50.6 Å². The third-order valence-electron chi connectivity index (χ3n) is 6.03. The summed E-state index contributed by atoms with van der Waals surface area (Å²) in [5, 5.41) is 6.13. The van der Waals surface area contributed by atoms with Gasteiger partial charge in [0.15, 0.2) is 0 Å². The van der Waals surface area contributed by atoms with E-state index in [2.05, 4.69) is 51.6 Å². The van der Waals surface area contributed by atoms with Gasteiger partial charge in [-0.3, -0.25) is 4.90 Å². The first-order chi connectivity index (χ1) is 13.2. The molecule has 5 heteroatoms. The Kier molecular flexibility index (Phi) is 7.96. The van der Waals surface area contributed by atoms with E-state index in [0.717, 1.165) is 38.5 Å². The summed E-state index contributed by atoms with van der Waals surface area (Å²) in [7, 11) is 0. The molecule has 2 heterocycles. The maximum absolute atomic E-state index is 12.2. The number of piperidine rings is 1. The Hall–Kier alpha value is -1.59. The number of hydrogen-bond donors (Lipinski definition) is 2. The third kappa shape index (κ3) is 6.51. The molecule has 0 spiro atoms. The maximum Gasteiger partial charge on any atom is 0.314 e. The van der Waals surface area contributed by atoms with Gasteiger partial charge in [0.25, 0.3) is 0 Å². The van der Waals surface area contributed by atoms with Crippen LogP contribution in [0.25, 0.3) is 0 Å². The van der Waals surface area contributed by atoms with Crippen molar-refractivity contribution in [1.82, 2.24) is 20.4 Å². The molecule has 2 amide bonds. The first-order valence-electron chi connectivity index (χ1n) is 10.8. The molecule has 27 heavy (non-hydrogen) atoms. The average Bonchev–Trinajstić information content (AvgIpc) is 3.22. The van der Waals surface area contributed by atoms with Gasteiger partial charge >= 0.3 is 6.03 Å². The third-order valence-corrected chi connectivity index (χ3v) is 6.03. The van der Waals surface area contributed by atoms with E-state index >= 15 is 0 Å². The molecule has 1 atom stereocenters. The van der Waals surface area contributed by atoms with Crippen molar-refractivity contribution in [3.63, 3.8) is 0 Å². The second-order valence-corrected chi connectivity index (χ2v) is 8.18. The van der Waals surface area contributed by atoms with Gasteiger partial charge in [0, 0.05) is 13.1 Å². The highest BCUT2D eigenvalue weighted by atomic mass is 16.2. The lowest BCUT2D eigenvalue weighted by Gasteiger charge is -2.30. The molecule has 0 bridgehead atoms. The van der Waals surface area contributed by atoms with Crippen LogP contribution in [-0.4, -0.2) is 61.6 Å². The number of urea groups is 1. The Bertz CT molecular complexity index is 551. The Balaban J connectivity index is 1.36. The fourth-order valence-electron chi connectivity index (χ4n) is 4.23. The molecular formula is C22H36N4O. The Morgan fingerprint density at radius 1 is 1.07 bits per heavy atom. The van der Waals surface area contributed by atoms with E-state index in [4.69, 9.17) is 0 Å². The summed E-state index contributed by atoms with van der Waals surface area (Å²) < 4.78 is 0. The summed E-state index contributed by atoms with van der Waals surface area (Å²) in [4.78, 5) is 17.3. The van der Waals surface area contributed by atoms with E-state index in [-0.39, 0.29) is 12.1 Å². The zero-order chi connectivity index (χ0) is 18.9. The molecule has 2 aliphatic rings. The van der Waals surface area contributed by atoms with E-state index < -0.39 is 0 Å². The summed E-state index contributed by atoms with van der Waals surface area (Å²) in [5.41, 5.74) is 1.29. The molecule has 3 rings (SSSR count). The van der Waals surface area contributed by atoms with E-state index in [1.165, 1.54) is 44.3 Å². The molecule has 5 nitrogen and oxygen atoms in total. The number of amides is 2. The SMILES string of the molecule is CC1CCN(CCCNC(=O)NCC(c2ccccc2)N2CCCC2)CC1. The molecule has 2 aliphatic heterocycles. The van der Waals surface area contributed by atoms with Crippen LogP contribution in [0.5, 0.6) is 0 Å². The molecule has 0 aromatic heterocycles. The first-order valence-corrected chi connectivity index (χ1v) is 10.8. The number of nitrogens with one attached hydrogen (secondary N) is 2. The number of rotatable bonds is 8. The van der Waals surface area contributed by atoms with Crippen molar-refractivity contribution < 1.29 is 4.79 Å². The normalized spacial score (nSPS) is 20.5. The zero-order valence-electron chi connectivity index (χ0n) is 16.8. The van der Waals surface area contributed by atoms with Gasteiger partial charge in [0.2, 0.25) is 0 Å². The van der Waals surface area contributed by atoms with Crippen LogP contribution >= 0.6 is 0 Å². The molecular weight excluding hydrogens is 336 g/mol. The van der Waals surface area contributed by atoms with Crippen LogP contribution in [0.15, 0.2) is 30.3 Å². The average molecular weight is 373 g/mol. The number of benzene rings is 1. The van der Waals surface area contributed by atoms with Crippen molar-refractivity contribution in [2.75, 3.05) is 45.8 Å². The molecule has 2 fully saturated rings.